The largest absolute Gasteiger partial charge is 0.355 e. The van der Waals surface area contributed by atoms with Crippen LogP contribution in [0.25, 0.3) is 0 Å². The maximum Gasteiger partial charge on any atom is 0.242 e. The number of carbonyl (C=O) groups excluding carboxylic acids is 1. The van der Waals surface area contributed by atoms with Crippen molar-refractivity contribution in [1.29, 1.82) is 0 Å². The summed E-state index contributed by atoms with van der Waals surface area (Å²) in [6.45, 7) is 4.32. The zero-order valence-corrected chi connectivity index (χ0v) is 10.1. The molecule has 0 heterocycles. The van der Waals surface area contributed by atoms with E-state index >= 15 is 0 Å². The Morgan fingerprint density at radius 1 is 1.56 bits per heavy atom. The van der Waals surface area contributed by atoms with Crippen molar-refractivity contribution < 1.29 is 9.18 Å². The molecule has 0 saturated heterocycles. The first-order chi connectivity index (χ1) is 7.56. The van der Waals surface area contributed by atoms with Gasteiger partial charge in [-0.3, -0.25) is 4.79 Å². The van der Waals surface area contributed by atoms with Gasteiger partial charge in [0, 0.05) is 12.1 Å². The molecule has 2 nitrogen and oxygen atoms in total. The molecule has 1 atom stereocenters. The maximum absolute atomic E-state index is 13.4. The van der Waals surface area contributed by atoms with Crippen molar-refractivity contribution in [2.75, 3.05) is 6.54 Å². The van der Waals surface area contributed by atoms with Crippen molar-refractivity contribution in [2.45, 2.75) is 25.6 Å². The first-order valence-corrected chi connectivity index (χ1v) is 5.67. The van der Waals surface area contributed by atoms with Gasteiger partial charge in [-0.25, -0.2) is 4.39 Å². The summed E-state index contributed by atoms with van der Waals surface area (Å²) in [4.78, 5) is 11.6. The van der Waals surface area contributed by atoms with Gasteiger partial charge in [-0.15, -0.1) is 11.6 Å². The van der Waals surface area contributed by atoms with Gasteiger partial charge < -0.3 is 5.32 Å². The molecular formula is C12H15ClFNO. The van der Waals surface area contributed by atoms with Crippen LogP contribution in [-0.4, -0.2) is 12.5 Å². The minimum absolute atomic E-state index is 0.232. The van der Waals surface area contributed by atoms with Crippen LogP contribution in [-0.2, 0) is 4.79 Å². The van der Waals surface area contributed by atoms with Gasteiger partial charge in [0.05, 0.1) is 0 Å². The molecule has 1 rings (SSSR count). The van der Waals surface area contributed by atoms with Crippen molar-refractivity contribution in [2.24, 2.45) is 0 Å². The van der Waals surface area contributed by atoms with Gasteiger partial charge in [-0.05, 0) is 19.4 Å². The summed E-state index contributed by atoms with van der Waals surface area (Å²) in [6, 6.07) is 4.57. The van der Waals surface area contributed by atoms with E-state index in [0.29, 0.717) is 6.54 Å². The number of rotatable bonds is 4. The van der Waals surface area contributed by atoms with Crippen LogP contribution in [0.1, 0.15) is 29.8 Å². The lowest BCUT2D eigenvalue weighted by atomic mass is 10.1. The molecule has 0 aromatic heterocycles. The molecule has 4 heteroatoms. The number of halogens is 2. The van der Waals surface area contributed by atoms with Crippen LogP contribution in [0, 0.1) is 12.7 Å². The number of benzene rings is 1. The lowest BCUT2D eigenvalue weighted by Gasteiger charge is -2.11. The first-order valence-electron chi connectivity index (χ1n) is 5.24. The van der Waals surface area contributed by atoms with Crippen molar-refractivity contribution in [3.63, 3.8) is 0 Å². The summed E-state index contributed by atoms with van der Waals surface area (Å²) in [5, 5.41) is 1.67. The van der Waals surface area contributed by atoms with Gasteiger partial charge in [0.15, 0.2) is 0 Å². The molecule has 0 aliphatic heterocycles. The second kappa shape index (κ2) is 5.85. The Morgan fingerprint density at radius 3 is 2.88 bits per heavy atom. The topological polar surface area (TPSA) is 29.1 Å². The van der Waals surface area contributed by atoms with Gasteiger partial charge in [0.2, 0.25) is 5.91 Å². The highest BCUT2D eigenvalue weighted by Gasteiger charge is 2.20. The molecule has 0 spiro atoms. The SMILES string of the molecule is CCCNC(=O)C(Cl)c1cc(C)ccc1F. The smallest absolute Gasteiger partial charge is 0.242 e. The number of aryl methyl sites for hydroxylation is 1. The van der Waals surface area contributed by atoms with E-state index in [1.165, 1.54) is 6.07 Å². The zero-order valence-electron chi connectivity index (χ0n) is 9.39. The van der Waals surface area contributed by atoms with Crippen LogP contribution in [0.15, 0.2) is 18.2 Å². The monoisotopic (exact) mass is 243 g/mol. The number of hydrogen-bond acceptors (Lipinski definition) is 1. The van der Waals surface area contributed by atoms with Crippen molar-refractivity contribution in [3.05, 3.63) is 35.1 Å². The summed E-state index contributed by atoms with van der Waals surface area (Å²) in [7, 11) is 0. The van der Waals surface area contributed by atoms with Gasteiger partial charge in [0.25, 0.3) is 0 Å². The average Bonchev–Trinajstić information content (AvgIpc) is 2.28. The molecule has 1 amide bonds. The minimum atomic E-state index is -0.966. The normalized spacial score (nSPS) is 12.2. The highest BCUT2D eigenvalue weighted by molar-refractivity contribution is 6.30. The molecule has 0 aliphatic carbocycles. The Bertz CT molecular complexity index is 381. The predicted molar refractivity (Wildman–Crippen MR) is 63.0 cm³/mol. The fourth-order valence-electron chi connectivity index (χ4n) is 1.34. The van der Waals surface area contributed by atoms with Gasteiger partial charge >= 0.3 is 0 Å². The number of hydrogen-bond donors (Lipinski definition) is 1. The Labute approximate surface area is 99.8 Å². The third-order valence-corrected chi connectivity index (χ3v) is 2.64. The van der Waals surface area contributed by atoms with E-state index in [4.69, 9.17) is 11.6 Å². The molecule has 1 N–H and O–H groups in total. The average molecular weight is 244 g/mol. The number of nitrogens with one attached hydrogen (secondary N) is 1. The minimum Gasteiger partial charge on any atom is -0.355 e. The van der Waals surface area contributed by atoms with Gasteiger partial charge in [-0.2, -0.15) is 0 Å². The van der Waals surface area contributed by atoms with Crippen molar-refractivity contribution in [1.82, 2.24) is 5.32 Å². The van der Waals surface area contributed by atoms with Crippen LogP contribution in [0.5, 0.6) is 0 Å². The standard InChI is InChI=1S/C12H15ClFNO/c1-3-6-15-12(16)11(13)9-7-8(2)4-5-10(9)14/h4-5,7,11H,3,6H2,1-2H3,(H,15,16). The Morgan fingerprint density at radius 2 is 2.25 bits per heavy atom. The number of amides is 1. The summed E-state index contributed by atoms with van der Waals surface area (Å²) >= 11 is 5.92. The van der Waals surface area contributed by atoms with E-state index in [1.807, 2.05) is 13.8 Å². The van der Waals surface area contributed by atoms with E-state index in [1.54, 1.807) is 12.1 Å². The van der Waals surface area contributed by atoms with Gasteiger partial charge in [0.1, 0.15) is 11.2 Å². The molecule has 88 valence electrons. The van der Waals surface area contributed by atoms with Gasteiger partial charge in [-0.1, -0.05) is 24.6 Å². The van der Waals surface area contributed by atoms with E-state index in [2.05, 4.69) is 5.32 Å². The van der Waals surface area contributed by atoms with Crippen LogP contribution in [0.3, 0.4) is 0 Å². The quantitative estimate of drug-likeness (QED) is 0.810. The lowest BCUT2D eigenvalue weighted by molar-refractivity contribution is -0.120. The highest BCUT2D eigenvalue weighted by atomic mass is 35.5. The Balaban J connectivity index is 2.82. The van der Waals surface area contributed by atoms with E-state index in [0.717, 1.165) is 12.0 Å². The lowest BCUT2D eigenvalue weighted by Crippen LogP contribution is -2.28. The van der Waals surface area contributed by atoms with E-state index in [9.17, 15) is 9.18 Å². The molecule has 16 heavy (non-hydrogen) atoms. The summed E-state index contributed by atoms with van der Waals surface area (Å²) in [5.74, 6) is -0.801. The zero-order chi connectivity index (χ0) is 12.1. The molecule has 0 bridgehead atoms. The molecular weight excluding hydrogens is 229 g/mol. The predicted octanol–water partition coefficient (Wildman–Crippen LogP) is 2.94. The summed E-state index contributed by atoms with van der Waals surface area (Å²) < 4.78 is 13.4. The van der Waals surface area contributed by atoms with Crippen LogP contribution >= 0.6 is 11.6 Å². The van der Waals surface area contributed by atoms with Crippen LogP contribution < -0.4 is 5.32 Å². The molecule has 1 aromatic carbocycles. The Kier molecular flexibility index (Phi) is 4.74. The van der Waals surface area contributed by atoms with Crippen LogP contribution in [0.4, 0.5) is 4.39 Å². The van der Waals surface area contributed by atoms with E-state index < -0.39 is 11.2 Å². The first kappa shape index (κ1) is 13.0. The maximum atomic E-state index is 13.4. The summed E-state index contributed by atoms with van der Waals surface area (Å²) in [6.07, 6.45) is 0.825. The molecule has 1 aromatic rings. The van der Waals surface area contributed by atoms with E-state index in [-0.39, 0.29) is 11.5 Å². The molecule has 0 saturated carbocycles. The number of alkyl halides is 1. The molecule has 0 fully saturated rings. The van der Waals surface area contributed by atoms with Crippen LogP contribution in [0.2, 0.25) is 0 Å². The molecule has 0 radical (unpaired) electrons. The van der Waals surface area contributed by atoms with Crippen molar-refractivity contribution in [3.8, 4) is 0 Å². The fourth-order valence-corrected chi connectivity index (χ4v) is 1.58. The third-order valence-electron chi connectivity index (χ3n) is 2.20. The second-order valence-corrected chi connectivity index (χ2v) is 4.11. The summed E-state index contributed by atoms with van der Waals surface area (Å²) in [5.41, 5.74) is 1.11. The fraction of sp³-hybridized carbons (Fsp3) is 0.417. The molecule has 0 aliphatic rings. The number of carbonyl (C=O) groups is 1. The Hall–Kier alpha value is -1.09. The second-order valence-electron chi connectivity index (χ2n) is 3.68. The third kappa shape index (κ3) is 3.20. The highest BCUT2D eigenvalue weighted by Crippen LogP contribution is 2.24. The van der Waals surface area contributed by atoms with Crippen molar-refractivity contribution >= 4 is 17.5 Å². The molecule has 1 unspecified atom stereocenters.